The molecule has 13 heteroatoms. The lowest BCUT2D eigenvalue weighted by atomic mass is 10.1. The van der Waals surface area contributed by atoms with Crippen LogP contribution in [0.4, 0.5) is 5.69 Å². The van der Waals surface area contributed by atoms with Crippen LogP contribution in [0.1, 0.15) is 70.6 Å². The van der Waals surface area contributed by atoms with Crippen LogP contribution in [0.3, 0.4) is 0 Å². The molecule has 12 nitrogen and oxygen atoms in total. The summed E-state index contributed by atoms with van der Waals surface area (Å²) in [4.78, 5) is 63.6. The number of halogens is 1. The van der Waals surface area contributed by atoms with Gasteiger partial charge in [0.05, 0.1) is 42.6 Å². The Hall–Kier alpha value is -5.62. The lowest BCUT2D eigenvalue weighted by molar-refractivity contribution is -0.138. The van der Waals surface area contributed by atoms with E-state index in [0.717, 1.165) is 12.2 Å². The van der Waals surface area contributed by atoms with Crippen molar-refractivity contribution in [3.63, 3.8) is 0 Å². The summed E-state index contributed by atoms with van der Waals surface area (Å²) in [5.41, 5.74) is 0.748. The van der Waals surface area contributed by atoms with Gasteiger partial charge in [-0.1, -0.05) is 24.8 Å². The highest BCUT2D eigenvalue weighted by Gasteiger charge is 2.24. The average Bonchev–Trinajstić information content (AvgIpc) is 3.15. The molecule has 0 bridgehead atoms. The van der Waals surface area contributed by atoms with E-state index in [1.54, 1.807) is 36.4 Å². The van der Waals surface area contributed by atoms with E-state index in [0.29, 0.717) is 69.0 Å². The highest BCUT2D eigenvalue weighted by molar-refractivity contribution is 6.33. The second kappa shape index (κ2) is 21.6. The second-order valence-corrected chi connectivity index (χ2v) is 11.5. The molecule has 0 fully saturated rings. The molecule has 0 spiro atoms. The van der Waals surface area contributed by atoms with Gasteiger partial charge in [-0.25, -0.2) is 14.4 Å². The molecule has 0 unspecified atom stereocenters. The maximum absolute atomic E-state index is 13.6. The summed E-state index contributed by atoms with van der Waals surface area (Å²) < 4.78 is 26.9. The third-order valence-electron chi connectivity index (χ3n) is 7.42. The zero-order valence-corrected chi connectivity index (χ0v) is 30.1. The first kappa shape index (κ1) is 40.8. The number of hydrogen-bond donors (Lipinski definition) is 1. The number of carbonyl (C=O) groups excluding carboxylic acids is 5. The first-order chi connectivity index (χ1) is 25.1. The van der Waals surface area contributed by atoms with Gasteiger partial charge in [-0.15, -0.1) is 0 Å². The SMILES string of the molecule is C=CC(=O)OCCCCOc1ccc(C(=O)Nc2cc(Cl)c(OC(=O)c3ccc(OCCCCOC(=O)C=C)cc3)c(C(=O)N(CC)CC)c2)cc1. The molecule has 0 saturated carbocycles. The van der Waals surface area contributed by atoms with Gasteiger partial charge >= 0.3 is 17.9 Å². The molecular weight excluding hydrogens is 692 g/mol. The summed E-state index contributed by atoms with van der Waals surface area (Å²) in [6, 6.07) is 15.6. The maximum Gasteiger partial charge on any atom is 0.343 e. The maximum atomic E-state index is 13.6. The number of hydrogen-bond acceptors (Lipinski definition) is 10. The van der Waals surface area contributed by atoms with Crippen LogP contribution in [0.15, 0.2) is 86.0 Å². The van der Waals surface area contributed by atoms with Gasteiger partial charge in [-0.2, -0.15) is 0 Å². The molecule has 3 rings (SSSR count). The van der Waals surface area contributed by atoms with Crippen LogP contribution in [0.25, 0.3) is 0 Å². The predicted molar refractivity (Wildman–Crippen MR) is 196 cm³/mol. The second-order valence-electron chi connectivity index (χ2n) is 11.1. The van der Waals surface area contributed by atoms with E-state index in [1.165, 1.54) is 29.2 Å². The molecule has 0 aliphatic heterocycles. The first-order valence-corrected chi connectivity index (χ1v) is 17.2. The number of anilines is 1. The molecule has 0 aliphatic carbocycles. The van der Waals surface area contributed by atoms with Crippen molar-refractivity contribution in [2.24, 2.45) is 0 Å². The third kappa shape index (κ3) is 12.9. The topological polar surface area (TPSA) is 147 Å². The number of carbonyl (C=O) groups is 5. The third-order valence-corrected chi connectivity index (χ3v) is 7.70. The molecule has 0 aliphatic rings. The summed E-state index contributed by atoms with van der Waals surface area (Å²) in [7, 11) is 0. The van der Waals surface area contributed by atoms with E-state index < -0.39 is 29.7 Å². The van der Waals surface area contributed by atoms with Gasteiger partial charge in [0.15, 0.2) is 5.75 Å². The quantitative estimate of drug-likeness (QED) is 0.0522. The average molecular weight is 735 g/mol. The van der Waals surface area contributed by atoms with Gasteiger partial charge in [-0.05, 0) is 100 Å². The van der Waals surface area contributed by atoms with Gasteiger partial charge in [-0.3, -0.25) is 9.59 Å². The predicted octanol–water partition coefficient (Wildman–Crippen LogP) is 7.07. The zero-order valence-electron chi connectivity index (χ0n) is 29.3. The molecule has 3 aromatic rings. The van der Waals surface area contributed by atoms with Gasteiger partial charge in [0.2, 0.25) is 0 Å². The number of benzene rings is 3. The molecule has 1 N–H and O–H groups in total. The number of nitrogens with zero attached hydrogens (tertiary/aromatic N) is 1. The Morgan fingerprint density at radius 2 is 1.19 bits per heavy atom. The summed E-state index contributed by atoms with van der Waals surface area (Å²) >= 11 is 6.60. The first-order valence-electron chi connectivity index (χ1n) is 16.8. The summed E-state index contributed by atoms with van der Waals surface area (Å²) in [5.74, 6) is -1.64. The number of amides is 2. The van der Waals surface area contributed by atoms with Crippen LogP contribution < -0.4 is 19.5 Å². The number of rotatable bonds is 21. The fraction of sp³-hybridized carbons (Fsp3) is 0.308. The van der Waals surface area contributed by atoms with E-state index in [1.807, 2.05) is 13.8 Å². The molecule has 0 radical (unpaired) electrons. The number of unbranched alkanes of at least 4 members (excludes halogenated alkanes) is 2. The van der Waals surface area contributed by atoms with E-state index in [4.69, 9.17) is 35.3 Å². The zero-order chi connectivity index (χ0) is 37.9. The van der Waals surface area contributed by atoms with Gasteiger partial charge in [0, 0.05) is 36.5 Å². The number of esters is 3. The summed E-state index contributed by atoms with van der Waals surface area (Å²) in [6.45, 7) is 12.4. The smallest absolute Gasteiger partial charge is 0.343 e. The van der Waals surface area contributed by atoms with Crippen LogP contribution in [0, 0.1) is 0 Å². The van der Waals surface area contributed by atoms with Gasteiger partial charge < -0.3 is 33.9 Å². The van der Waals surface area contributed by atoms with Crippen molar-refractivity contribution in [3.05, 3.63) is 108 Å². The lowest BCUT2D eigenvalue weighted by Crippen LogP contribution is -2.31. The van der Waals surface area contributed by atoms with Crippen LogP contribution >= 0.6 is 11.6 Å². The van der Waals surface area contributed by atoms with Crippen molar-refractivity contribution < 1.29 is 47.7 Å². The van der Waals surface area contributed by atoms with Crippen molar-refractivity contribution in [2.45, 2.75) is 39.5 Å². The highest BCUT2D eigenvalue weighted by atomic mass is 35.5. The lowest BCUT2D eigenvalue weighted by Gasteiger charge is -2.21. The van der Waals surface area contributed by atoms with Crippen LogP contribution in [0.2, 0.25) is 5.02 Å². The van der Waals surface area contributed by atoms with Crippen molar-refractivity contribution in [3.8, 4) is 17.2 Å². The molecule has 276 valence electrons. The van der Waals surface area contributed by atoms with Crippen molar-refractivity contribution in [2.75, 3.05) is 44.8 Å². The summed E-state index contributed by atoms with van der Waals surface area (Å²) in [5, 5.41) is 2.71. The van der Waals surface area contributed by atoms with Crippen LogP contribution in [-0.4, -0.2) is 74.1 Å². The molecule has 0 aromatic heterocycles. The Morgan fingerprint density at radius 1 is 0.712 bits per heavy atom. The molecule has 2 amide bonds. The molecule has 0 saturated heterocycles. The Balaban J connectivity index is 1.66. The number of nitrogens with one attached hydrogen (secondary N) is 1. The van der Waals surface area contributed by atoms with Gasteiger partial charge in [0.25, 0.3) is 11.8 Å². The van der Waals surface area contributed by atoms with Crippen LogP contribution in [0.5, 0.6) is 17.2 Å². The monoisotopic (exact) mass is 734 g/mol. The van der Waals surface area contributed by atoms with Crippen molar-refractivity contribution >= 4 is 47.0 Å². The Kier molecular flexibility index (Phi) is 16.9. The fourth-order valence-electron chi connectivity index (χ4n) is 4.61. The molecule has 0 atom stereocenters. The fourth-order valence-corrected chi connectivity index (χ4v) is 4.86. The van der Waals surface area contributed by atoms with E-state index in [9.17, 15) is 24.0 Å². The van der Waals surface area contributed by atoms with E-state index in [-0.39, 0.29) is 40.8 Å². The van der Waals surface area contributed by atoms with Crippen LogP contribution in [-0.2, 0) is 19.1 Å². The van der Waals surface area contributed by atoms with E-state index >= 15 is 0 Å². The number of ether oxygens (including phenoxy) is 5. The Morgan fingerprint density at radius 3 is 1.67 bits per heavy atom. The molecular formula is C39H43ClN2O10. The van der Waals surface area contributed by atoms with Crippen molar-refractivity contribution in [1.29, 1.82) is 0 Å². The minimum absolute atomic E-state index is 0.00146. The molecule has 0 heterocycles. The van der Waals surface area contributed by atoms with E-state index in [2.05, 4.69) is 18.5 Å². The normalized spacial score (nSPS) is 10.4. The standard InChI is InChI=1S/C39H43ClN2O10/c1-5-34(43)50-23-11-9-21-48-30-17-13-27(14-18-30)37(45)41-29-25-32(38(46)42(7-3)8-4)36(33(40)26-29)52-39(47)28-15-19-31(20-16-28)49-22-10-12-24-51-35(44)6-2/h5-6,13-20,25-26H,1-2,7-12,21-24H2,3-4H3,(H,41,45). The highest BCUT2D eigenvalue weighted by Crippen LogP contribution is 2.35. The largest absolute Gasteiger partial charge is 0.494 e. The minimum atomic E-state index is -0.749. The molecule has 52 heavy (non-hydrogen) atoms. The van der Waals surface area contributed by atoms with Crippen molar-refractivity contribution in [1.82, 2.24) is 4.90 Å². The van der Waals surface area contributed by atoms with Gasteiger partial charge in [0.1, 0.15) is 11.5 Å². The summed E-state index contributed by atoms with van der Waals surface area (Å²) in [6.07, 6.45) is 4.77. The Bertz CT molecular complexity index is 1700. The minimum Gasteiger partial charge on any atom is -0.494 e. The Labute approximate surface area is 308 Å². The molecule has 3 aromatic carbocycles.